The van der Waals surface area contributed by atoms with Gasteiger partial charge < -0.3 is 15.3 Å². The molecule has 96 valence electrons. The predicted molar refractivity (Wildman–Crippen MR) is 73.9 cm³/mol. The molecule has 1 aliphatic heterocycles. The normalized spacial score (nSPS) is 14.8. The van der Waals surface area contributed by atoms with Gasteiger partial charge in [-0.15, -0.1) is 12.4 Å². The minimum absolute atomic E-state index is 0. The molecule has 3 nitrogen and oxygen atoms in total. The van der Waals surface area contributed by atoms with Crippen LogP contribution in [0.5, 0.6) is 0 Å². The summed E-state index contributed by atoms with van der Waals surface area (Å²) in [5, 5.41) is 11.8. The molecular formula is C13H21ClN2O. The van der Waals surface area contributed by atoms with Gasteiger partial charge in [0, 0.05) is 31.9 Å². The summed E-state index contributed by atoms with van der Waals surface area (Å²) in [5.74, 6) is 0. The minimum atomic E-state index is 0. The molecule has 0 spiro atoms. The lowest BCUT2D eigenvalue weighted by Crippen LogP contribution is -2.18. The molecule has 1 heterocycles. The Labute approximate surface area is 109 Å². The van der Waals surface area contributed by atoms with Crippen molar-refractivity contribution in [3.05, 3.63) is 29.8 Å². The van der Waals surface area contributed by atoms with Gasteiger partial charge in [-0.05, 0) is 30.5 Å². The van der Waals surface area contributed by atoms with Crippen LogP contribution in [0.4, 0.5) is 5.69 Å². The second kappa shape index (κ2) is 7.54. The van der Waals surface area contributed by atoms with E-state index in [0.717, 1.165) is 6.54 Å². The summed E-state index contributed by atoms with van der Waals surface area (Å²) in [6.45, 7) is 4.09. The predicted octanol–water partition coefficient (Wildman–Crippen LogP) is 1.79. The zero-order chi connectivity index (χ0) is 11.2. The fourth-order valence-corrected chi connectivity index (χ4v) is 2.11. The van der Waals surface area contributed by atoms with Crippen molar-refractivity contribution in [1.82, 2.24) is 5.32 Å². The molecule has 1 aromatic rings. The van der Waals surface area contributed by atoms with Crippen LogP contribution in [-0.4, -0.2) is 31.3 Å². The van der Waals surface area contributed by atoms with E-state index in [4.69, 9.17) is 5.11 Å². The van der Waals surface area contributed by atoms with Gasteiger partial charge >= 0.3 is 0 Å². The van der Waals surface area contributed by atoms with Crippen LogP contribution in [0.1, 0.15) is 18.4 Å². The quantitative estimate of drug-likeness (QED) is 0.789. The molecule has 0 aliphatic carbocycles. The lowest BCUT2D eigenvalue weighted by Gasteiger charge is -2.17. The fourth-order valence-electron chi connectivity index (χ4n) is 2.11. The fraction of sp³-hybridized carbons (Fsp3) is 0.538. The van der Waals surface area contributed by atoms with Crippen molar-refractivity contribution in [2.45, 2.75) is 19.4 Å². The Balaban J connectivity index is 0.00000144. The van der Waals surface area contributed by atoms with Crippen LogP contribution >= 0.6 is 12.4 Å². The van der Waals surface area contributed by atoms with Gasteiger partial charge in [0.1, 0.15) is 0 Å². The molecule has 0 amide bonds. The highest BCUT2D eigenvalue weighted by Gasteiger charge is 2.11. The number of rotatable bonds is 5. The molecule has 0 atom stereocenters. The summed E-state index contributed by atoms with van der Waals surface area (Å²) in [4.78, 5) is 2.44. The molecular weight excluding hydrogens is 236 g/mol. The third-order valence-electron chi connectivity index (χ3n) is 3.03. The topological polar surface area (TPSA) is 35.5 Å². The van der Waals surface area contributed by atoms with E-state index in [9.17, 15) is 0 Å². The Bertz CT molecular complexity index is 310. The summed E-state index contributed by atoms with van der Waals surface area (Å²) >= 11 is 0. The van der Waals surface area contributed by atoms with E-state index in [1.807, 2.05) is 0 Å². The summed E-state index contributed by atoms with van der Waals surface area (Å²) in [6, 6.07) is 8.72. The standard InChI is InChI=1S/C13H20N2O.ClH/c16-10-7-14-11-12-3-5-13(6-4-12)15-8-1-2-9-15;/h3-6,14,16H,1-2,7-11H2;1H. The van der Waals surface area contributed by atoms with Crippen LogP contribution in [0.2, 0.25) is 0 Å². The Morgan fingerprint density at radius 1 is 1.12 bits per heavy atom. The van der Waals surface area contributed by atoms with Crippen molar-refractivity contribution in [1.29, 1.82) is 0 Å². The Morgan fingerprint density at radius 3 is 2.35 bits per heavy atom. The third kappa shape index (κ3) is 4.19. The molecule has 17 heavy (non-hydrogen) atoms. The molecule has 1 aromatic carbocycles. The summed E-state index contributed by atoms with van der Waals surface area (Å²) in [5.41, 5.74) is 2.61. The van der Waals surface area contributed by atoms with E-state index in [0.29, 0.717) is 6.54 Å². The van der Waals surface area contributed by atoms with Crippen LogP contribution in [0.25, 0.3) is 0 Å². The third-order valence-corrected chi connectivity index (χ3v) is 3.03. The molecule has 0 bridgehead atoms. The minimum Gasteiger partial charge on any atom is -0.395 e. The van der Waals surface area contributed by atoms with Crippen LogP contribution in [0.15, 0.2) is 24.3 Å². The highest BCUT2D eigenvalue weighted by Crippen LogP contribution is 2.20. The molecule has 0 unspecified atom stereocenters. The highest BCUT2D eigenvalue weighted by molar-refractivity contribution is 5.85. The monoisotopic (exact) mass is 256 g/mol. The van der Waals surface area contributed by atoms with Crippen LogP contribution < -0.4 is 10.2 Å². The first-order valence-electron chi connectivity index (χ1n) is 6.05. The van der Waals surface area contributed by atoms with Crippen molar-refractivity contribution >= 4 is 18.1 Å². The maximum Gasteiger partial charge on any atom is 0.0556 e. The van der Waals surface area contributed by atoms with Gasteiger partial charge in [0.05, 0.1) is 6.61 Å². The van der Waals surface area contributed by atoms with Crippen LogP contribution in [0.3, 0.4) is 0 Å². The van der Waals surface area contributed by atoms with E-state index < -0.39 is 0 Å². The molecule has 0 aromatic heterocycles. The smallest absolute Gasteiger partial charge is 0.0556 e. The number of hydrogen-bond donors (Lipinski definition) is 2. The second-order valence-electron chi connectivity index (χ2n) is 4.26. The number of aliphatic hydroxyl groups is 1. The summed E-state index contributed by atoms with van der Waals surface area (Å²) in [6.07, 6.45) is 2.64. The maximum absolute atomic E-state index is 8.66. The van der Waals surface area contributed by atoms with Gasteiger partial charge in [-0.1, -0.05) is 12.1 Å². The van der Waals surface area contributed by atoms with Crippen molar-refractivity contribution in [3.63, 3.8) is 0 Å². The number of nitrogens with zero attached hydrogens (tertiary/aromatic N) is 1. The molecule has 0 saturated carbocycles. The number of anilines is 1. The van der Waals surface area contributed by atoms with Crippen LogP contribution in [0, 0.1) is 0 Å². The van der Waals surface area contributed by atoms with Crippen molar-refractivity contribution < 1.29 is 5.11 Å². The highest BCUT2D eigenvalue weighted by atomic mass is 35.5. The number of halogens is 1. The van der Waals surface area contributed by atoms with E-state index >= 15 is 0 Å². The molecule has 1 saturated heterocycles. The van der Waals surface area contributed by atoms with Gasteiger partial charge in [-0.2, -0.15) is 0 Å². The first kappa shape index (κ1) is 14.3. The molecule has 2 N–H and O–H groups in total. The lowest BCUT2D eigenvalue weighted by atomic mass is 10.2. The SMILES string of the molecule is Cl.OCCNCc1ccc(N2CCCC2)cc1. The summed E-state index contributed by atoms with van der Waals surface area (Å²) in [7, 11) is 0. The van der Waals surface area contributed by atoms with E-state index in [-0.39, 0.29) is 19.0 Å². The first-order chi connectivity index (χ1) is 7.90. The van der Waals surface area contributed by atoms with Crippen molar-refractivity contribution in [3.8, 4) is 0 Å². The molecule has 0 radical (unpaired) electrons. The molecule has 2 rings (SSSR count). The Hall–Kier alpha value is -0.770. The number of hydrogen-bond acceptors (Lipinski definition) is 3. The number of aliphatic hydroxyl groups excluding tert-OH is 1. The van der Waals surface area contributed by atoms with E-state index in [1.165, 1.54) is 37.2 Å². The van der Waals surface area contributed by atoms with Crippen molar-refractivity contribution in [2.24, 2.45) is 0 Å². The first-order valence-corrected chi connectivity index (χ1v) is 6.05. The largest absolute Gasteiger partial charge is 0.395 e. The maximum atomic E-state index is 8.66. The average molecular weight is 257 g/mol. The number of benzene rings is 1. The average Bonchev–Trinajstić information content (AvgIpc) is 2.84. The van der Waals surface area contributed by atoms with Gasteiger partial charge in [0.2, 0.25) is 0 Å². The van der Waals surface area contributed by atoms with E-state index in [1.54, 1.807) is 0 Å². The zero-order valence-corrected chi connectivity index (χ0v) is 10.9. The zero-order valence-electron chi connectivity index (χ0n) is 10.1. The van der Waals surface area contributed by atoms with Gasteiger partial charge in [0.25, 0.3) is 0 Å². The Morgan fingerprint density at radius 2 is 1.76 bits per heavy atom. The lowest BCUT2D eigenvalue weighted by molar-refractivity contribution is 0.292. The van der Waals surface area contributed by atoms with E-state index in [2.05, 4.69) is 34.5 Å². The molecule has 1 aliphatic rings. The van der Waals surface area contributed by atoms with Gasteiger partial charge in [-0.25, -0.2) is 0 Å². The van der Waals surface area contributed by atoms with Crippen molar-refractivity contribution in [2.75, 3.05) is 31.1 Å². The second-order valence-corrected chi connectivity index (χ2v) is 4.26. The van der Waals surface area contributed by atoms with Gasteiger partial charge in [0.15, 0.2) is 0 Å². The van der Waals surface area contributed by atoms with Crippen LogP contribution in [-0.2, 0) is 6.54 Å². The Kier molecular flexibility index (Phi) is 6.34. The number of nitrogens with one attached hydrogen (secondary N) is 1. The molecule has 4 heteroatoms. The summed E-state index contributed by atoms with van der Waals surface area (Å²) < 4.78 is 0. The van der Waals surface area contributed by atoms with Gasteiger partial charge in [-0.3, -0.25) is 0 Å². The molecule has 1 fully saturated rings.